The number of amides is 1. The van der Waals surface area contributed by atoms with Crippen molar-refractivity contribution in [1.82, 2.24) is 14.7 Å². The molecule has 0 saturated carbocycles. The standard InChI is InChI=1S/C15H25N3O3/c1-12-13(9-18(3)16-12)8-17(2)15(19)11-20-10-14-6-4-5-7-21-14/h9,14H,4-8,10-11H2,1-3H3/t14-/m0/s1. The van der Waals surface area contributed by atoms with Gasteiger partial charge in [-0.15, -0.1) is 0 Å². The largest absolute Gasteiger partial charge is 0.376 e. The van der Waals surface area contributed by atoms with E-state index in [9.17, 15) is 4.79 Å². The van der Waals surface area contributed by atoms with Gasteiger partial charge in [-0.05, 0) is 26.2 Å². The molecule has 6 nitrogen and oxygen atoms in total. The fourth-order valence-corrected chi connectivity index (χ4v) is 2.47. The monoisotopic (exact) mass is 295 g/mol. The molecule has 2 rings (SSSR count). The van der Waals surface area contributed by atoms with Crippen LogP contribution in [0.4, 0.5) is 0 Å². The third kappa shape index (κ3) is 4.82. The summed E-state index contributed by atoms with van der Waals surface area (Å²) in [6.45, 7) is 3.93. The van der Waals surface area contributed by atoms with Gasteiger partial charge in [0.25, 0.3) is 0 Å². The van der Waals surface area contributed by atoms with E-state index in [-0.39, 0.29) is 18.6 Å². The fourth-order valence-electron chi connectivity index (χ4n) is 2.47. The highest BCUT2D eigenvalue weighted by Gasteiger charge is 2.16. The van der Waals surface area contributed by atoms with Crippen molar-refractivity contribution >= 4 is 5.91 Å². The second-order valence-corrected chi connectivity index (χ2v) is 5.67. The zero-order chi connectivity index (χ0) is 15.2. The smallest absolute Gasteiger partial charge is 0.248 e. The van der Waals surface area contributed by atoms with Crippen LogP contribution < -0.4 is 0 Å². The highest BCUT2D eigenvalue weighted by molar-refractivity contribution is 5.77. The van der Waals surface area contributed by atoms with Crippen LogP contribution in [0, 0.1) is 6.92 Å². The zero-order valence-electron chi connectivity index (χ0n) is 13.2. The number of hydrogen-bond acceptors (Lipinski definition) is 4. The number of likely N-dealkylation sites (N-methyl/N-ethyl adjacent to an activating group) is 1. The van der Waals surface area contributed by atoms with Crippen molar-refractivity contribution in [2.24, 2.45) is 7.05 Å². The van der Waals surface area contributed by atoms with Crippen LogP contribution in [0.15, 0.2) is 6.20 Å². The van der Waals surface area contributed by atoms with Crippen LogP contribution in [0.5, 0.6) is 0 Å². The van der Waals surface area contributed by atoms with Crippen LogP contribution in [-0.4, -0.2) is 53.6 Å². The minimum Gasteiger partial charge on any atom is -0.376 e. The number of rotatable bonds is 6. The van der Waals surface area contributed by atoms with Crippen molar-refractivity contribution in [2.45, 2.75) is 38.8 Å². The van der Waals surface area contributed by atoms with Crippen molar-refractivity contribution < 1.29 is 14.3 Å². The van der Waals surface area contributed by atoms with Gasteiger partial charge in [-0.2, -0.15) is 5.10 Å². The third-order valence-electron chi connectivity index (χ3n) is 3.75. The van der Waals surface area contributed by atoms with Gasteiger partial charge in [0.15, 0.2) is 0 Å². The van der Waals surface area contributed by atoms with E-state index in [1.165, 1.54) is 6.42 Å². The first kappa shape index (κ1) is 16.0. The van der Waals surface area contributed by atoms with Crippen LogP contribution in [0.1, 0.15) is 30.5 Å². The highest BCUT2D eigenvalue weighted by atomic mass is 16.5. The molecule has 0 unspecified atom stereocenters. The molecule has 0 N–H and O–H groups in total. The van der Waals surface area contributed by atoms with Gasteiger partial charge in [-0.3, -0.25) is 9.48 Å². The van der Waals surface area contributed by atoms with Gasteiger partial charge in [-0.25, -0.2) is 0 Å². The Balaban J connectivity index is 1.71. The molecule has 21 heavy (non-hydrogen) atoms. The van der Waals surface area contributed by atoms with E-state index in [0.717, 1.165) is 30.7 Å². The van der Waals surface area contributed by atoms with Crippen molar-refractivity contribution in [1.29, 1.82) is 0 Å². The van der Waals surface area contributed by atoms with Gasteiger partial charge >= 0.3 is 0 Å². The molecule has 1 saturated heterocycles. The Hall–Kier alpha value is -1.40. The van der Waals surface area contributed by atoms with Crippen LogP contribution in [0.3, 0.4) is 0 Å². The minimum atomic E-state index is -0.0194. The molecular weight excluding hydrogens is 270 g/mol. The SMILES string of the molecule is Cc1nn(C)cc1CN(C)C(=O)COC[C@@H]1CCCCO1. The average molecular weight is 295 g/mol. The molecule has 1 fully saturated rings. The van der Waals surface area contributed by atoms with Crippen LogP contribution >= 0.6 is 0 Å². The second kappa shape index (κ2) is 7.56. The average Bonchev–Trinajstić information content (AvgIpc) is 2.78. The molecule has 6 heteroatoms. The summed E-state index contributed by atoms with van der Waals surface area (Å²) in [6, 6.07) is 0. The number of carbonyl (C=O) groups is 1. The maximum atomic E-state index is 12.0. The first-order valence-corrected chi connectivity index (χ1v) is 7.48. The predicted molar refractivity (Wildman–Crippen MR) is 78.8 cm³/mol. The maximum Gasteiger partial charge on any atom is 0.248 e. The second-order valence-electron chi connectivity index (χ2n) is 5.67. The summed E-state index contributed by atoms with van der Waals surface area (Å²) in [6.07, 6.45) is 5.43. The van der Waals surface area contributed by atoms with Crippen molar-refractivity contribution in [3.05, 3.63) is 17.5 Å². The summed E-state index contributed by atoms with van der Waals surface area (Å²) in [5.74, 6) is -0.0194. The summed E-state index contributed by atoms with van der Waals surface area (Å²) in [7, 11) is 3.67. The molecule has 1 amide bonds. The van der Waals surface area contributed by atoms with Crippen molar-refractivity contribution in [3.63, 3.8) is 0 Å². The maximum absolute atomic E-state index is 12.0. The molecule has 1 aromatic heterocycles. The normalized spacial score (nSPS) is 18.7. The zero-order valence-corrected chi connectivity index (χ0v) is 13.2. The van der Waals surface area contributed by atoms with Crippen LogP contribution in [-0.2, 0) is 27.9 Å². The van der Waals surface area contributed by atoms with E-state index in [2.05, 4.69) is 5.10 Å². The van der Waals surface area contributed by atoms with E-state index in [4.69, 9.17) is 9.47 Å². The molecule has 1 aliphatic rings. The molecule has 0 aliphatic carbocycles. The number of ether oxygens (including phenoxy) is 2. The van der Waals surface area contributed by atoms with Gasteiger partial charge < -0.3 is 14.4 Å². The van der Waals surface area contributed by atoms with E-state index < -0.39 is 0 Å². The first-order valence-electron chi connectivity index (χ1n) is 7.48. The number of aryl methyl sites for hydroxylation is 2. The summed E-state index contributed by atoms with van der Waals surface area (Å²) >= 11 is 0. The van der Waals surface area contributed by atoms with Gasteiger partial charge in [-0.1, -0.05) is 0 Å². The van der Waals surface area contributed by atoms with E-state index >= 15 is 0 Å². The summed E-state index contributed by atoms with van der Waals surface area (Å²) < 4.78 is 12.8. The van der Waals surface area contributed by atoms with Crippen molar-refractivity contribution in [3.8, 4) is 0 Å². The Morgan fingerprint density at radius 2 is 2.38 bits per heavy atom. The molecule has 118 valence electrons. The number of aromatic nitrogens is 2. The van der Waals surface area contributed by atoms with E-state index in [1.807, 2.05) is 20.2 Å². The highest BCUT2D eigenvalue weighted by Crippen LogP contribution is 2.13. The Kier molecular flexibility index (Phi) is 5.76. The molecule has 1 atom stereocenters. The third-order valence-corrected chi connectivity index (χ3v) is 3.75. The number of hydrogen-bond donors (Lipinski definition) is 0. The Morgan fingerprint density at radius 1 is 1.57 bits per heavy atom. The van der Waals surface area contributed by atoms with E-state index in [0.29, 0.717) is 13.2 Å². The Labute approximate surface area is 126 Å². The lowest BCUT2D eigenvalue weighted by molar-refractivity contribution is -0.137. The molecule has 0 spiro atoms. The van der Waals surface area contributed by atoms with Crippen molar-refractivity contribution in [2.75, 3.05) is 26.9 Å². The van der Waals surface area contributed by atoms with Gasteiger partial charge in [0.1, 0.15) is 6.61 Å². The lowest BCUT2D eigenvalue weighted by atomic mass is 10.1. The Morgan fingerprint density at radius 3 is 3.00 bits per heavy atom. The Bertz CT molecular complexity index is 467. The number of carbonyl (C=O) groups excluding carboxylic acids is 1. The molecule has 1 aromatic rings. The van der Waals surface area contributed by atoms with Gasteiger partial charge in [0.05, 0.1) is 18.4 Å². The topological polar surface area (TPSA) is 56.6 Å². The molecule has 1 aliphatic heterocycles. The predicted octanol–water partition coefficient (Wildman–Crippen LogP) is 1.27. The molecule has 0 aromatic carbocycles. The first-order chi connectivity index (χ1) is 10.1. The lowest BCUT2D eigenvalue weighted by Gasteiger charge is -2.23. The van der Waals surface area contributed by atoms with E-state index in [1.54, 1.807) is 16.6 Å². The van der Waals surface area contributed by atoms with Crippen LogP contribution in [0.25, 0.3) is 0 Å². The van der Waals surface area contributed by atoms with Gasteiger partial charge in [0.2, 0.25) is 5.91 Å². The molecule has 2 heterocycles. The summed E-state index contributed by atoms with van der Waals surface area (Å²) in [5, 5.41) is 4.28. The lowest BCUT2D eigenvalue weighted by Crippen LogP contribution is -2.32. The minimum absolute atomic E-state index is 0.0194. The quantitative estimate of drug-likeness (QED) is 0.793. The van der Waals surface area contributed by atoms with Gasteiger partial charge in [0, 0.05) is 39.0 Å². The van der Waals surface area contributed by atoms with Crippen LogP contribution in [0.2, 0.25) is 0 Å². The number of nitrogens with zero attached hydrogens (tertiary/aromatic N) is 3. The fraction of sp³-hybridized carbons (Fsp3) is 0.733. The summed E-state index contributed by atoms with van der Waals surface area (Å²) in [5.41, 5.74) is 2.01. The molecular formula is C15H25N3O3. The molecule has 0 bridgehead atoms. The summed E-state index contributed by atoms with van der Waals surface area (Å²) in [4.78, 5) is 13.7. The molecule has 0 radical (unpaired) electrons.